The molecule has 5 nitrogen and oxygen atoms in total. The van der Waals surface area contributed by atoms with Gasteiger partial charge in [0, 0.05) is 12.6 Å². The zero-order chi connectivity index (χ0) is 19.5. The highest BCUT2D eigenvalue weighted by Crippen LogP contribution is 2.49. The van der Waals surface area contributed by atoms with Crippen LogP contribution in [0.1, 0.15) is 37.7 Å². The number of rotatable bonds is 4. The fraction of sp³-hybridized carbons (Fsp3) is 0.450. The second-order valence-electron chi connectivity index (χ2n) is 7.97. The molecule has 0 saturated heterocycles. The first-order valence-corrected chi connectivity index (χ1v) is 9.53. The van der Waals surface area contributed by atoms with Gasteiger partial charge < -0.3 is 0 Å². The summed E-state index contributed by atoms with van der Waals surface area (Å²) in [7, 11) is 0. The number of alkyl halides is 3. The molecule has 0 aliphatic heterocycles. The molecule has 5 rings (SSSR count). The van der Waals surface area contributed by atoms with E-state index in [0.717, 1.165) is 30.3 Å². The average Bonchev–Trinajstić information content (AvgIpc) is 3.27. The van der Waals surface area contributed by atoms with E-state index in [4.69, 9.17) is 0 Å². The molecule has 2 aromatic heterocycles. The lowest BCUT2D eigenvalue weighted by molar-refractivity contribution is -0.137. The maximum absolute atomic E-state index is 13.0. The van der Waals surface area contributed by atoms with E-state index in [9.17, 15) is 18.0 Å². The maximum atomic E-state index is 13.0. The Balaban J connectivity index is 1.43. The third kappa shape index (κ3) is 2.91. The molecule has 8 heteroatoms. The molecule has 146 valence electrons. The summed E-state index contributed by atoms with van der Waals surface area (Å²) in [5.41, 5.74) is 0.262. The van der Waals surface area contributed by atoms with Crippen molar-refractivity contribution in [1.29, 1.82) is 0 Å². The molecule has 1 amide bonds. The Morgan fingerprint density at radius 3 is 2.71 bits per heavy atom. The standard InChI is InChI=1S/C20H19F3N4O/c21-20(22,23)14-9-16-18(24-10-14)27(15-2-1-3-15)19(25-16)26-17(28)8-13-7-11-4-5-12(13)6-11/h1-3,9-13H,4-8H2,(H,25,26,28)/t11-,12-,13?/m0/s1. The third-order valence-electron chi connectivity index (χ3n) is 6.20. The monoisotopic (exact) mass is 388 g/mol. The van der Waals surface area contributed by atoms with Gasteiger partial charge in [-0.15, -0.1) is 0 Å². The van der Waals surface area contributed by atoms with E-state index in [0.29, 0.717) is 23.9 Å². The van der Waals surface area contributed by atoms with E-state index >= 15 is 0 Å². The second kappa shape index (κ2) is 6.18. The van der Waals surface area contributed by atoms with Crippen LogP contribution in [0, 0.1) is 17.8 Å². The highest BCUT2D eigenvalue weighted by Gasteiger charge is 2.40. The first kappa shape index (κ1) is 17.5. The molecule has 0 spiro atoms. The minimum atomic E-state index is -4.49. The number of allylic oxidation sites excluding steroid dienone is 4. The highest BCUT2D eigenvalue weighted by molar-refractivity contribution is 5.93. The van der Waals surface area contributed by atoms with Crippen molar-refractivity contribution in [1.82, 2.24) is 14.5 Å². The summed E-state index contributed by atoms with van der Waals surface area (Å²) in [5.74, 6) is 1.85. The van der Waals surface area contributed by atoms with Crippen molar-refractivity contribution < 1.29 is 18.0 Å². The number of amides is 1. The van der Waals surface area contributed by atoms with Crippen LogP contribution >= 0.6 is 0 Å². The predicted octanol–water partition coefficient (Wildman–Crippen LogP) is 4.63. The van der Waals surface area contributed by atoms with Crippen LogP contribution in [0.2, 0.25) is 0 Å². The molecule has 28 heavy (non-hydrogen) atoms. The predicted molar refractivity (Wildman–Crippen MR) is 98.1 cm³/mol. The molecule has 0 aromatic carbocycles. The molecule has 0 radical (unpaired) electrons. The zero-order valence-corrected chi connectivity index (χ0v) is 15.0. The molecule has 3 aliphatic carbocycles. The Morgan fingerprint density at radius 2 is 2.11 bits per heavy atom. The van der Waals surface area contributed by atoms with E-state index in [2.05, 4.69) is 15.3 Å². The molecular formula is C20H19F3N4O. The van der Waals surface area contributed by atoms with Crippen LogP contribution in [0.15, 0.2) is 30.5 Å². The fourth-order valence-electron chi connectivity index (χ4n) is 4.82. The van der Waals surface area contributed by atoms with Crippen molar-refractivity contribution >= 4 is 28.7 Å². The number of pyridine rings is 1. The molecule has 3 atom stereocenters. The van der Waals surface area contributed by atoms with Crippen molar-refractivity contribution in [2.24, 2.45) is 17.8 Å². The van der Waals surface area contributed by atoms with Crippen molar-refractivity contribution in [3.05, 3.63) is 36.1 Å². The normalized spacial score (nSPS) is 25.8. The minimum absolute atomic E-state index is 0.103. The maximum Gasteiger partial charge on any atom is 0.417 e. The van der Waals surface area contributed by atoms with E-state index in [-0.39, 0.29) is 17.4 Å². The lowest BCUT2D eigenvalue weighted by atomic mass is 9.86. The van der Waals surface area contributed by atoms with Crippen molar-refractivity contribution in [2.75, 3.05) is 5.32 Å². The van der Waals surface area contributed by atoms with Crippen molar-refractivity contribution in [3.8, 4) is 0 Å². The van der Waals surface area contributed by atoms with E-state index in [1.54, 1.807) is 16.7 Å². The summed E-state index contributed by atoms with van der Waals surface area (Å²) in [4.78, 5) is 20.8. The topological polar surface area (TPSA) is 59.8 Å². The van der Waals surface area contributed by atoms with Crippen molar-refractivity contribution in [2.45, 2.75) is 38.3 Å². The van der Waals surface area contributed by atoms with Gasteiger partial charge in [-0.2, -0.15) is 13.2 Å². The third-order valence-corrected chi connectivity index (χ3v) is 6.20. The van der Waals surface area contributed by atoms with Gasteiger partial charge in [-0.1, -0.05) is 12.5 Å². The van der Waals surface area contributed by atoms with E-state index in [1.165, 1.54) is 19.3 Å². The van der Waals surface area contributed by atoms with Gasteiger partial charge in [0.2, 0.25) is 11.9 Å². The smallest absolute Gasteiger partial charge is 0.296 e. The number of carbonyl (C=O) groups is 1. The van der Waals surface area contributed by atoms with Crippen LogP contribution in [0.4, 0.5) is 19.1 Å². The number of hydrogen-bond acceptors (Lipinski definition) is 3. The number of carbonyl (C=O) groups excluding carboxylic acids is 1. The molecule has 2 saturated carbocycles. The Morgan fingerprint density at radius 1 is 1.29 bits per heavy atom. The zero-order valence-electron chi connectivity index (χ0n) is 15.0. The van der Waals surface area contributed by atoms with Gasteiger partial charge in [0.15, 0.2) is 5.65 Å². The largest absolute Gasteiger partial charge is 0.417 e. The van der Waals surface area contributed by atoms with E-state index in [1.807, 2.05) is 6.08 Å². The van der Waals surface area contributed by atoms with Crippen LogP contribution < -0.4 is 5.32 Å². The van der Waals surface area contributed by atoms with Gasteiger partial charge in [0.1, 0.15) is 5.52 Å². The van der Waals surface area contributed by atoms with Crippen molar-refractivity contribution in [3.63, 3.8) is 0 Å². The minimum Gasteiger partial charge on any atom is -0.296 e. The number of anilines is 1. The quantitative estimate of drug-likeness (QED) is 0.831. The number of nitrogens with one attached hydrogen (secondary N) is 1. The molecule has 1 unspecified atom stereocenters. The Labute approximate surface area is 159 Å². The van der Waals surface area contributed by atoms with Gasteiger partial charge in [0.25, 0.3) is 0 Å². The number of halogens is 3. The molecule has 3 aliphatic rings. The molecule has 2 fully saturated rings. The van der Waals surface area contributed by atoms with Gasteiger partial charge in [0.05, 0.1) is 11.3 Å². The molecule has 2 bridgehead atoms. The Hall–Kier alpha value is -2.64. The Kier molecular flexibility index (Phi) is 3.86. The lowest BCUT2D eigenvalue weighted by Gasteiger charge is -2.21. The summed E-state index contributed by atoms with van der Waals surface area (Å²) in [6.45, 7) is 0. The average molecular weight is 388 g/mol. The van der Waals surface area contributed by atoms with Gasteiger partial charge in [-0.3, -0.25) is 14.7 Å². The fourth-order valence-corrected chi connectivity index (χ4v) is 4.82. The SMILES string of the molecule is O=C(CC1C[C@H]2CC[C@H]1C2)Nc1nc2cc(C(F)(F)F)cnc2n1C1=CC=C1. The Bertz CT molecular complexity index is 1020. The number of aromatic nitrogens is 3. The van der Waals surface area contributed by atoms with Crippen LogP contribution in [0.3, 0.4) is 0 Å². The summed E-state index contributed by atoms with van der Waals surface area (Å²) in [6, 6.07) is 0.966. The first-order valence-electron chi connectivity index (χ1n) is 9.53. The first-order chi connectivity index (χ1) is 13.4. The summed E-state index contributed by atoms with van der Waals surface area (Å²) in [5, 5.41) is 2.81. The summed E-state index contributed by atoms with van der Waals surface area (Å²) < 4.78 is 40.6. The van der Waals surface area contributed by atoms with Crippen LogP contribution in [-0.4, -0.2) is 20.4 Å². The number of hydrogen-bond donors (Lipinski definition) is 1. The summed E-state index contributed by atoms with van der Waals surface area (Å²) >= 11 is 0. The number of fused-ring (bicyclic) bond motifs is 3. The molecule has 1 N–H and O–H groups in total. The molecule has 2 aromatic rings. The number of nitrogens with zero attached hydrogens (tertiary/aromatic N) is 3. The van der Waals surface area contributed by atoms with Gasteiger partial charge in [-0.25, -0.2) is 9.97 Å². The lowest BCUT2D eigenvalue weighted by Crippen LogP contribution is -2.22. The van der Waals surface area contributed by atoms with Gasteiger partial charge >= 0.3 is 6.18 Å². The second-order valence-corrected chi connectivity index (χ2v) is 7.97. The number of imidazole rings is 1. The van der Waals surface area contributed by atoms with Crippen LogP contribution in [0.5, 0.6) is 0 Å². The summed E-state index contributed by atoms with van der Waals surface area (Å²) in [6.07, 6.45) is 6.92. The van der Waals surface area contributed by atoms with Crippen LogP contribution in [-0.2, 0) is 11.0 Å². The van der Waals surface area contributed by atoms with Gasteiger partial charge in [-0.05, 0) is 55.2 Å². The molecular weight excluding hydrogens is 369 g/mol. The van der Waals surface area contributed by atoms with E-state index < -0.39 is 11.7 Å². The molecule has 2 heterocycles. The van der Waals surface area contributed by atoms with Crippen LogP contribution in [0.25, 0.3) is 16.9 Å². The highest BCUT2D eigenvalue weighted by atomic mass is 19.4.